The van der Waals surface area contributed by atoms with Crippen LogP contribution in [0.1, 0.15) is 28.8 Å². The fourth-order valence-electron chi connectivity index (χ4n) is 4.78. The number of unbranched alkanes of at least 4 members (excludes halogenated alkanes) is 1. The molecule has 7 nitrogen and oxygen atoms in total. The van der Waals surface area contributed by atoms with Crippen LogP contribution in [0.25, 0.3) is 32.8 Å². The molecule has 204 valence electrons. The highest BCUT2D eigenvalue weighted by Crippen LogP contribution is 2.29. The summed E-state index contributed by atoms with van der Waals surface area (Å²) in [7, 11) is 0. The molecule has 0 fully saturated rings. The van der Waals surface area contributed by atoms with Gasteiger partial charge in [0.25, 0.3) is 0 Å². The summed E-state index contributed by atoms with van der Waals surface area (Å²) in [6.07, 6.45) is 5.63. The van der Waals surface area contributed by atoms with Gasteiger partial charge in [0, 0.05) is 59.3 Å². The first-order chi connectivity index (χ1) is 19.6. The second kappa shape index (κ2) is 13.1. The number of halogens is 1. The molecule has 0 bridgehead atoms. The van der Waals surface area contributed by atoms with E-state index in [4.69, 9.17) is 10.7 Å². The Balaban J connectivity index is 1.02. The lowest BCUT2D eigenvalue weighted by atomic mass is 10.0. The van der Waals surface area contributed by atoms with E-state index in [9.17, 15) is 9.18 Å². The summed E-state index contributed by atoms with van der Waals surface area (Å²) in [6.45, 7) is 3.91. The van der Waals surface area contributed by atoms with Crippen LogP contribution < -0.4 is 21.7 Å². The van der Waals surface area contributed by atoms with Gasteiger partial charge < -0.3 is 21.7 Å². The van der Waals surface area contributed by atoms with Crippen molar-refractivity contribution < 1.29 is 9.18 Å². The molecule has 40 heavy (non-hydrogen) atoms. The SMILES string of the molecule is NC(=O)c1ccc2c(c1)nc(NCCNCCCCNCc1ccc(-c3ccccc3)c(F)c1)c1ccncc12. The Bertz CT molecular complexity index is 1610. The van der Waals surface area contributed by atoms with Crippen LogP contribution in [-0.4, -0.2) is 42.1 Å². The molecule has 2 heterocycles. The molecule has 1 amide bonds. The van der Waals surface area contributed by atoms with Gasteiger partial charge in [-0.05, 0) is 61.3 Å². The van der Waals surface area contributed by atoms with Crippen LogP contribution in [0.3, 0.4) is 0 Å². The lowest BCUT2D eigenvalue weighted by molar-refractivity contribution is 0.100. The molecule has 0 unspecified atom stereocenters. The van der Waals surface area contributed by atoms with Crippen LogP contribution >= 0.6 is 0 Å². The van der Waals surface area contributed by atoms with Crippen LogP contribution in [-0.2, 0) is 6.54 Å². The summed E-state index contributed by atoms with van der Waals surface area (Å²) in [5.41, 5.74) is 9.05. The van der Waals surface area contributed by atoms with Crippen molar-refractivity contribution in [2.24, 2.45) is 5.73 Å². The monoisotopic (exact) mass is 536 g/mol. The number of nitrogens with zero attached hydrogens (tertiary/aromatic N) is 2. The van der Waals surface area contributed by atoms with Crippen molar-refractivity contribution in [2.75, 3.05) is 31.5 Å². The number of amides is 1. The van der Waals surface area contributed by atoms with E-state index < -0.39 is 5.91 Å². The van der Waals surface area contributed by atoms with Gasteiger partial charge in [-0.2, -0.15) is 0 Å². The highest BCUT2D eigenvalue weighted by molar-refractivity contribution is 6.11. The zero-order chi connectivity index (χ0) is 27.7. The zero-order valence-corrected chi connectivity index (χ0v) is 22.3. The number of primary amides is 1. The van der Waals surface area contributed by atoms with E-state index in [1.807, 2.05) is 60.8 Å². The number of pyridine rings is 2. The minimum absolute atomic E-state index is 0.192. The fraction of sp³-hybridized carbons (Fsp3) is 0.219. The second-order valence-electron chi connectivity index (χ2n) is 9.72. The molecule has 0 atom stereocenters. The smallest absolute Gasteiger partial charge is 0.248 e. The van der Waals surface area contributed by atoms with Gasteiger partial charge in [0.15, 0.2) is 0 Å². The van der Waals surface area contributed by atoms with Crippen LogP contribution in [0, 0.1) is 5.82 Å². The van der Waals surface area contributed by atoms with Crippen LogP contribution in [0.15, 0.2) is 85.2 Å². The maximum absolute atomic E-state index is 14.5. The van der Waals surface area contributed by atoms with E-state index in [0.717, 1.165) is 65.6 Å². The Labute approximate surface area is 233 Å². The van der Waals surface area contributed by atoms with Gasteiger partial charge >= 0.3 is 0 Å². The van der Waals surface area contributed by atoms with Gasteiger partial charge in [-0.1, -0.05) is 48.5 Å². The molecule has 0 aliphatic rings. The van der Waals surface area contributed by atoms with Gasteiger partial charge in [-0.25, -0.2) is 9.37 Å². The van der Waals surface area contributed by atoms with Crippen molar-refractivity contribution in [2.45, 2.75) is 19.4 Å². The molecule has 5 aromatic rings. The molecule has 8 heteroatoms. The first-order valence-corrected chi connectivity index (χ1v) is 13.6. The van der Waals surface area contributed by atoms with Gasteiger partial charge in [0.2, 0.25) is 5.91 Å². The number of nitrogens with one attached hydrogen (secondary N) is 3. The molecule has 3 aromatic carbocycles. The normalized spacial score (nSPS) is 11.2. The van der Waals surface area contributed by atoms with E-state index in [1.54, 1.807) is 24.4 Å². The fourth-order valence-corrected chi connectivity index (χ4v) is 4.78. The lowest BCUT2D eigenvalue weighted by Gasteiger charge is -2.12. The minimum atomic E-state index is -0.477. The maximum Gasteiger partial charge on any atom is 0.248 e. The number of carbonyl (C=O) groups excluding carboxylic acids is 1. The number of benzene rings is 3. The summed E-state index contributed by atoms with van der Waals surface area (Å²) in [5, 5.41) is 13.2. The average Bonchev–Trinajstić information content (AvgIpc) is 2.98. The number of fused-ring (bicyclic) bond motifs is 3. The largest absolute Gasteiger partial charge is 0.368 e. The summed E-state index contributed by atoms with van der Waals surface area (Å²) in [5.74, 6) is 0.0864. The Kier molecular flexibility index (Phi) is 8.90. The van der Waals surface area contributed by atoms with Crippen molar-refractivity contribution in [3.8, 4) is 11.1 Å². The van der Waals surface area contributed by atoms with Crippen molar-refractivity contribution in [3.63, 3.8) is 0 Å². The van der Waals surface area contributed by atoms with E-state index in [2.05, 4.69) is 20.9 Å². The molecular formula is C32H33FN6O. The van der Waals surface area contributed by atoms with Gasteiger partial charge in [0.1, 0.15) is 11.6 Å². The molecule has 0 radical (unpaired) electrons. The van der Waals surface area contributed by atoms with E-state index in [0.29, 0.717) is 29.7 Å². The predicted octanol–water partition coefficient (Wildman–Crippen LogP) is 5.26. The standard InChI is InChI=1S/C32H33FN6O/c33-29-18-22(8-10-25(29)23-6-2-1-3-7-23)20-36-14-5-4-13-35-16-17-38-32-27-12-15-37-21-28(27)26-11-9-24(31(34)40)19-30(26)39-32/h1-3,6-12,15,18-19,21,35-36H,4-5,13-14,16-17,20H2,(H2,34,40)(H,38,39). The lowest BCUT2D eigenvalue weighted by Crippen LogP contribution is -2.24. The molecule has 2 aromatic heterocycles. The minimum Gasteiger partial charge on any atom is -0.368 e. The Hall–Kier alpha value is -4.40. The number of hydrogen-bond acceptors (Lipinski definition) is 6. The molecule has 0 saturated carbocycles. The molecule has 5 rings (SSSR count). The third-order valence-electron chi connectivity index (χ3n) is 6.88. The second-order valence-corrected chi connectivity index (χ2v) is 9.72. The molecule has 0 aliphatic heterocycles. The van der Waals surface area contributed by atoms with E-state index >= 15 is 0 Å². The van der Waals surface area contributed by atoms with E-state index in [1.165, 1.54) is 0 Å². The number of aromatic nitrogens is 2. The van der Waals surface area contributed by atoms with Crippen LogP contribution in [0.5, 0.6) is 0 Å². The number of nitrogens with two attached hydrogens (primary N) is 1. The molecule has 0 aliphatic carbocycles. The number of carbonyl (C=O) groups is 1. The van der Waals surface area contributed by atoms with Gasteiger partial charge in [-0.3, -0.25) is 9.78 Å². The summed E-state index contributed by atoms with van der Waals surface area (Å²) < 4.78 is 14.5. The molecule has 0 spiro atoms. The Morgan fingerprint density at radius 2 is 1.65 bits per heavy atom. The number of anilines is 1. The van der Waals surface area contributed by atoms with Crippen molar-refractivity contribution in [1.29, 1.82) is 0 Å². The molecular weight excluding hydrogens is 503 g/mol. The maximum atomic E-state index is 14.5. The van der Waals surface area contributed by atoms with Crippen molar-refractivity contribution >= 4 is 33.4 Å². The quantitative estimate of drug-likeness (QED) is 0.121. The highest BCUT2D eigenvalue weighted by Gasteiger charge is 2.11. The molecule has 5 N–H and O–H groups in total. The Morgan fingerprint density at radius 3 is 2.45 bits per heavy atom. The van der Waals surface area contributed by atoms with Crippen LogP contribution in [0.4, 0.5) is 10.2 Å². The average molecular weight is 537 g/mol. The van der Waals surface area contributed by atoms with Gasteiger partial charge in [-0.15, -0.1) is 0 Å². The highest BCUT2D eigenvalue weighted by atomic mass is 19.1. The van der Waals surface area contributed by atoms with Gasteiger partial charge in [0.05, 0.1) is 5.52 Å². The van der Waals surface area contributed by atoms with Crippen molar-refractivity contribution in [1.82, 2.24) is 20.6 Å². The van der Waals surface area contributed by atoms with Crippen LogP contribution in [0.2, 0.25) is 0 Å². The first-order valence-electron chi connectivity index (χ1n) is 13.6. The van der Waals surface area contributed by atoms with E-state index in [-0.39, 0.29) is 5.82 Å². The molecule has 0 saturated heterocycles. The summed E-state index contributed by atoms with van der Waals surface area (Å²) in [4.78, 5) is 20.6. The van der Waals surface area contributed by atoms with Crippen molar-refractivity contribution in [3.05, 3.63) is 102 Å². The predicted molar refractivity (Wildman–Crippen MR) is 160 cm³/mol. The zero-order valence-electron chi connectivity index (χ0n) is 22.3. The number of rotatable bonds is 13. The Morgan fingerprint density at radius 1 is 0.825 bits per heavy atom. The third kappa shape index (κ3) is 6.59. The summed E-state index contributed by atoms with van der Waals surface area (Å²) >= 11 is 0. The summed E-state index contributed by atoms with van der Waals surface area (Å²) in [6, 6.07) is 22.3. The first kappa shape index (κ1) is 27.2. The number of hydrogen-bond donors (Lipinski definition) is 4. The third-order valence-corrected chi connectivity index (χ3v) is 6.88. The topological polar surface area (TPSA) is 105 Å².